The molecule has 1 aliphatic rings. The van der Waals surface area contributed by atoms with Gasteiger partial charge in [0.2, 0.25) is 5.91 Å². The van der Waals surface area contributed by atoms with Crippen LogP contribution in [0, 0.1) is 0 Å². The SMILES string of the molecule is CCc1ccc(OCC(=O)N(Cc2cccc(Cl)c2)[C@H](Cc2ccccc2)C(=O)NC2CCCCC2)cc1. The lowest BCUT2D eigenvalue weighted by Gasteiger charge is -2.33. The molecule has 5 nitrogen and oxygen atoms in total. The molecular weight excluding hydrogens is 496 g/mol. The Bertz CT molecular complexity index is 1180. The highest BCUT2D eigenvalue weighted by molar-refractivity contribution is 6.30. The van der Waals surface area contributed by atoms with Crippen molar-refractivity contribution in [3.8, 4) is 5.75 Å². The molecule has 1 fully saturated rings. The van der Waals surface area contributed by atoms with E-state index in [2.05, 4.69) is 12.2 Å². The van der Waals surface area contributed by atoms with Crippen molar-refractivity contribution in [3.63, 3.8) is 0 Å². The molecular formula is C32H37ClN2O3. The molecule has 0 heterocycles. The second-order valence-electron chi connectivity index (χ2n) is 9.99. The number of amides is 2. The summed E-state index contributed by atoms with van der Waals surface area (Å²) in [7, 11) is 0. The average Bonchev–Trinajstić information content (AvgIpc) is 2.95. The molecule has 0 bridgehead atoms. The van der Waals surface area contributed by atoms with Gasteiger partial charge in [-0.1, -0.05) is 92.4 Å². The number of hydrogen-bond acceptors (Lipinski definition) is 3. The lowest BCUT2D eigenvalue weighted by Crippen LogP contribution is -2.53. The Morgan fingerprint density at radius 3 is 2.32 bits per heavy atom. The standard InChI is InChI=1S/C32H37ClN2O3/c1-2-24-16-18-29(19-17-24)38-23-31(36)35(22-26-12-9-13-27(33)20-26)30(21-25-10-5-3-6-11-25)32(37)34-28-14-7-4-8-15-28/h3,5-6,9-13,16-20,28,30H,2,4,7-8,14-15,21-23H2,1H3,(H,34,37)/t30-/m1/s1. The zero-order chi connectivity index (χ0) is 26.7. The summed E-state index contributed by atoms with van der Waals surface area (Å²) in [6, 6.07) is 24.5. The minimum Gasteiger partial charge on any atom is -0.484 e. The number of aryl methyl sites for hydroxylation is 1. The third-order valence-corrected chi connectivity index (χ3v) is 7.39. The van der Waals surface area contributed by atoms with Gasteiger partial charge in [0.05, 0.1) is 0 Å². The van der Waals surface area contributed by atoms with Crippen molar-refractivity contribution in [3.05, 3.63) is 101 Å². The normalized spacial score (nSPS) is 14.5. The Kier molecular flexibility index (Phi) is 10.2. The van der Waals surface area contributed by atoms with Gasteiger partial charge in [0.15, 0.2) is 6.61 Å². The highest BCUT2D eigenvalue weighted by Crippen LogP contribution is 2.21. The van der Waals surface area contributed by atoms with E-state index < -0.39 is 6.04 Å². The maximum atomic E-state index is 13.8. The van der Waals surface area contributed by atoms with Crippen LogP contribution in [0.4, 0.5) is 0 Å². The third-order valence-electron chi connectivity index (χ3n) is 7.16. The Labute approximate surface area is 231 Å². The zero-order valence-electron chi connectivity index (χ0n) is 22.1. The highest BCUT2D eigenvalue weighted by atomic mass is 35.5. The van der Waals surface area contributed by atoms with E-state index >= 15 is 0 Å². The van der Waals surface area contributed by atoms with Gasteiger partial charge in [-0.2, -0.15) is 0 Å². The van der Waals surface area contributed by atoms with Crippen LogP contribution in [0.15, 0.2) is 78.9 Å². The maximum Gasteiger partial charge on any atom is 0.261 e. The van der Waals surface area contributed by atoms with Crippen molar-refractivity contribution in [1.29, 1.82) is 0 Å². The van der Waals surface area contributed by atoms with Crippen molar-refractivity contribution in [2.45, 2.75) is 70.5 Å². The van der Waals surface area contributed by atoms with Crippen molar-refractivity contribution < 1.29 is 14.3 Å². The Balaban J connectivity index is 1.59. The van der Waals surface area contributed by atoms with Gasteiger partial charge in [-0.05, 0) is 60.2 Å². The summed E-state index contributed by atoms with van der Waals surface area (Å²) < 4.78 is 5.89. The summed E-state index contributed by atoms with van der Waals surface area (Å²) in [4.78, 5) is 29.2. The third kappa shape index (κ3) is 8.09. The molecule has 0 radical (unpaired) electrons. The van der Waals surface area contributed by atoms with Crippen molar-refractivity contribution in [2.24, 2.45) is 0 Å². The molecule has 2 amide bonds. The monoisotopic (exact) mass is 532 g/mol. The predicted octanol–water partition coefficient (Wildman–Crippen LogP) is 6.37. The fraction of sp³-hybridized carbons (Fsp3) is 0.375. The number of halogens is 1. The Morgan fingerprint density at radius 1 is 0.921 bits per heavy atom. The lowest BCUT2D eigenvalue weighted by molar-refractivity contribution is -0.143. The predicted molar refractivity (Wildman–Crippen MR) is 152 cm³/mol. The molecule has 0 aromatic heterocycles. The van der Waals surface area contributed by atoms with Gasteiger partial charge in [0, 0.05) is 24.0 Å². The molecule has 4 rings (SSSR count). The van der Waals surface area contributed by atoms with Crippen LogP contribution in [-0.2, 0) is 29.0 Å². The van der Waals surface area contributed by atoms with Crippen LogP contribution in [0.1, 0.15) is 55.7 Å². The first kappa shape index (κ1) is 27.7. The molecule has 1 aliphatic carbocycles. The second-order valence-corrected chi connectivity index (χ2v) is 10.4. The van der Waals surface area contributed by atoms with E-state index in [1.165, 1.54) is 12.0 Å². The number of benzene rings is 3. The fourth-order valence-electron chi connectivity index (χ4n) is 4.98. The van der Waals surface area contributed by atoms with Crippen LogP contribution >= 0.6 is 11.6 Å². The molecule has 38 heavy (non-hydrogen) atoms. The number of nitrogens with one attached hydrogen (secondary N) is 1. The number of rotatable bonds is 11. The summed E-state index contributed by atoms with van der Waals surface area (Å²) in [6.07, 6.45) is 6.73. The second kappa shape index (κ2) is 14.0. The Hall–Kier alpha value is -3.31. The first-order valence-electron chi connectivity index (χ1n) is 13.6. The van der Waals surface area contributed by atoms with Gasteiger partial charge in [-0.25, -0.2) is 0 Å². The minimum absolute atomic E-state index is 0.122. The van der Waals surface area contributed by atoms with Gasteiger partial charge >= 0.3 is 0 Å². The van der Waals surface area contributed by atoms with E-state index in [0.29, 0.717) is 17.2 Å². The van der Waals surface area contributed by atoms with Gasteiger partial charge in [-0.3, -0.25) is 9.59 Å². The number of carbonyl (C=O) groups is 2. The number of nitrogens with zero attached hydrogens (tertiary/aromatic N) is 1. The van der Waals surface area contributed by atoms with E-state index in [0.717, 1.165) is 43.2 Å². The van der Waals surface area contributed by atoms with Crippen molar-refractivity contribution in [2.75, 3.05) is 6.61 Å². The van der Waals surface area contributed by atoms with Gasteiger partial charge in [0.1, 0.15) is 11.8 Å². The topological polar surface area (TPSA) is 58.6 Å². The first-order valence-corrected chi connectivity index (χ1v) is 14.0. The van der Waals surface area contributed by atoms with Gasteiger partial charge in [0.25, 0.3) is 5.91 Å². The fourth-order valence-corrected chi connectivity index (χ4v) is 5.19. The summed E-state index contributed by atoms with van der Waals surface area (Å²) in [6.45, 7) is 2.19. The van der Waals surface area contributed by atoms with Gasteiger partial charge in [-0.15, -0.1) is 0 Å². The number of carbonyl (C=O) groups excluding carboxylic acids is 2. The number of hydrogen-bond donors (Lipinski definition) is 1. The molecule has 3 aromatic rings. The lowest BCUT2D eigenvalue weighted by atomic mass is 9.94. The van der Waals surface area contributed by atoms with Gasteiger partial charge < -0.3 is 15.0 Å². The molecule has 200 valence electrons. The van der Waals surface area contributed by atoms with Crippen LogP contribution < -0.4 is 10.1 Å². The molecule has 1 atom stereocenters. The minimum atomic E-state index is -0.683. The quantitative estimate of drug-likeness (QED) is 0.312. The van der Waals surface area contributed by atoms with E-state index in [1.807, 2.05) is 72.8 Å². The Morgan fingerprint density at radius 2 is 1.63 bits per heavy atom. The summed E-state index contributed by atoms with van der Waals surface area (Å²) in [5.41, 5.74) is 3.06. The van der Waals surface area contributed by atoms with Crippen LogP contribution in [0.25, 0.3) is 0 Å². The molecule has 0 aliphatic heterocycles. The van der Waals surface area contributed by atoms with Crippen molar-refractivity contribution >= 4 is 23.4 Å². The number of ether oxygens (including phenoxy) is 1. The van der Waals surface area contributed by atoms with E-state index in [1.54, 1.807) is 11.0 Å². The largest absolute Gasteiger partial charge is 0.484 e. The molecule has 1 N–H and O–H groups in total. The molecule has 0 unspecified atom stereocenters. The summed E-state index contributed by atoms with van der Waals surface area (Å²) in [5, 5.41) is 3.85. The highest BCUT2D eigenvalue weighted by Gasteiger charge is 2.32. The van der Waals surface area contributed by atoms with Crippen LogP contribution in [0.2, 0.25) is 5.02 Å². The van der Waals surface area contributed by atoms with E-state index in [9.17, 15) is 9.59 Å². The smallest absolute Gasteiger partial charge is 0.261 e. The molecule has 3 aromatic carbocycles. The van der Waals surface area contributed by atoms with Crippen LogP contribution in [-0.4, -0.2) is 35.4 Å². The average molecular weight is 533 g/mol. The molecule has 0 spiro atoms. The van der Waals surface area contributed by atoms with Crippen LogP contribution in [0.3, 0.4) is 0 Å². The van der Waals surface area contributed by atoms with Crippen LogP contribution in [0.5, 0.6) is 5.75 Å². The summed E-state index contributed by atoms with van der Waals surface area (Å²) >= 11 is 6.27. The summed E-state index contributed by atoms with van der Waals surface area (Å²) in [5.74, 6) is 0.261. The van der Waals surface area contributed by atoms with E-state index in [-0.39, 0.29) is 31.0 Å². The first-order chi connectivity index (χ1) is 18.5. The van der Waals surface area contributed by atoms with Crippen molar-refractivity contribution in [1.82, 2.24) is 10.2 Å². The maximum absolute atomic E-state index is 13.8. The zero-order valence-corrected chi connectivity index (χ0v) is 22.8. The molecule has 6 heteroatoms. The van der Waals surface area contributed by atoms with E-state index in [4.69, 9.17) is 16.3 Å². The molecule has 1 saturated carbocycles. The molecule has 0 saturated heterocycles.